The molecule has 0 aliphatic heterocycles. The van der Waals surface area contributed by atoms with Crippen LogP contribution in [0.4, 0.5) is 0 Å². The highest BCUT2D eigenvalue weighted by atomic mass is 32.2. The first-order chi connectivity index (χ1) is 10.6. The van der Waals surface area contributed by atoms with Crippen molar-refractivity contribution in [3.63, 3.8) is 0 Å². The van der Waals surface area contributed by atoms with Gasteiger partial charge >= 0.3 is 17.9 Å². The first kappa shape index (κ1) is 19.1. The van der Waals surface area contributed by atoms with E-state index in [1.165, 1.54) is 6.92 Å². The Hall–Kier alpha value is -1.98. The lowest BCUT2D eigenvalue weighted by molar-refractivity contribution is -0.140. The minimum atomic E-state index is -4.34. The van der Waals surface area contributed by atoms with Gasteiger partial charge in [0.1, 0.15) is 20.7 Å². The molecule has 1 unspecified atom stereocenters. The minimum Gasteiger partial charge on any atom is -0.480 e. The van der Waals surface area contributed by atoms with Crippen molar-refractivity contribution in [2.24, 2.45) is 0 Å². The van der Waals surface area contributed by atoms with Crippen LogP contribution < -0.4 is 0 Å². The van der Waals surface area contributed by atoms with Gasteiger partial charge < -0.3 is 14.6 Å². The van der Waals surface area contributed by atoms with E-state index in [-0.39, 0.29) is 9.75 Å². The second-order valence-corrected chi connectivity index (χ2v) is 7.34. The van der Waals surface area contributed by atoms with Crippen molar-refractivity contribution in [1.82, 2.24) is 4.31 Å². The molecule has 0 radical (unpaired) electrons. The lowest BCUT2D eigenvalue weighted by Gasteiger charge is -2.20. The van der Waals surface area contributed by atoms with Crippen LogP contribution in [-0.2, 0) is 24.3 Å². The van der Waals surface area contributed by atoms with Gasteiger partial charge in [0.2, 0.25) is 10.0 Å². The van der Waals surface area contributed by atoms with Gasteiger partial charge in [-0.2, -0.15) is 4.31 Å². The minimum absolute atomic E-state index is 0.122. The molecule has 1 N–H and O–H groups in total. The standard InChI is InChI=1S/C12H15NO8S2/c1-6(10(14)15)13(2)23(18,19)8-5-7(11(16)20-3)22-9(8)12(17)21-4/h5-6H,1-4H3,(H,14,15). The van der Waals surface area contributed by atoms with E-state index < -0.39 is 38.9 Å². The summed E-state index contributed by atoms with van der Waals surface area (Å²) in [5.74, 6) is -3.14. The summed E-state index contributed by atoms with van der Waals surface area (Å²) in [7, 11) is -1.12. The summed E-state index contributed by atoms with van der Waals surface area (Å²) in [6.07, 6.45) is 0. The molecule has 23 heavy (non-hydrogen) atoms. The number of sulfonamides is 1. The maximum absolute atomic E-state index is 12.6. The van der Waals surface area contributed by atoms with Crippen molar-refractivity contribution in [2.45, 2.75) is 17.9 Å². The number of hydrogen-bond donors (Lipinski definition) is 1. The molecule has 128 valence electrons. The average Bonchev–Trinajstić information content (AvgIpc) is 2.97. The van der Waals surface area contributed by atoms with Crippen molar-refractivity contribution in [3.05, 3.63) is 15.8 Å². The number of carbonyl (C=O) groups excluding carboxylic acids is 2. The molecule has 0 saturated carbocycles. The second-order valence-electron chi connectivity index (χ2n) is 4.32. The van der Waals surface area contributed by atoms with E-state index in [0.717, 1.165) is 27.3 Å². The summed E-state index contributed by atoms with van der Waals surface area (Å²) in [5.41, 5.74) is 0. The van der Waals surface area contributed by atoms with Gasteiger partial charge in [0.05, 0.1) is 14.2 Å². The summed E-state index contributed by atoms with van der Waals surface area (Å²) in [6.45, 7) is 1.17. The van der Waals surface area contributed by atoms with E-state index >= 15 is 0 Å². The Morgan fingerprint density at radius 2 is 1.74 bits per heavy atom. The van der Waals surface area contributed by atoms with Crippen molar-refractivity contribution in [2.75, 3.05) is 21.3 Å². The average molecular weight is 365 g/mol. The molecular weight excluding hydrogens is 350 g/mol. The molecule has 9 nitrogen and oxygen atoms in total. The Morgan fingerprint density at radius 3 is 2.17 bits per heavy atom. The summed E-state index contributed by atoms with van der Waals surface area (Å²) in [5, 5.41) is 8.95. The number of ether oxygens (including phenoxy) is 2. The van der Waals surface area contributed by atoms with Gasteiger partial charge in [-0.25, -0.2) is 18.0 Å². The van der Waals surface area contributed by atoms with Gasteiger partial charge in [-0.05, 0) is 13.0 Å². The van der Waals surface area contributed by atoms with Crippen LogP contribution in [0.25, 0.3) is 0 Å². The second kappa shape index (κ2) is 7.06. The van der Waals surface area contributed by atoms with Crippen LogP contribution in [0.5, 0.6) is 0 Å². The Kier molecular flexibility index (Phi) is 5.86. The Balaban J connectivity index is 3.50. The fourth-order valence-electron chi connectivity index (χ4n) is 1.52. The van der Waals surface area contributed by atoms with Crippen molar-refractivity contribution >= 4 is 39.3 Å². The van der Waals surface area contributed by atoms with Crippen LogP contribution in [0.2, 0.25) is 0 Å². The van der Waals surface area contributed by atoms with E-state index in [1.54, 1.807) is 0 Å². The molecule has 0 aromatic carbocycles. The number of carbonyl (C=O) groups is 3. The Morgan fingerprint density at radius 1 is 1.22 bits per heavy atom. The topological polar surface area (TPSA) is 127 Å². The number of aliphatic carboxylic acids is 1. The first-order valence-corrected chi connectivity index (χ1v) is 8.34. The van der Waals surface area contributed by atoms with E-state index in [2.05, 4.69) is 9.47 Å². The summed E-state index contributed by atoms with van der Waals surface area (Å²) in [4.78, 5) is 33.3. The third kappa shape index (κ3) is 3.68. The van der Waals surface area contributed by atoms with Crippen molar-refractivity contribution < 1.29 is 37.4 Å². The lowest BCUT2D eigenvalue weighted by atomic mass is 10.4. The number of carboxylic acid groups (broad SMARTS) is 1. The van der Waals surface area contributed by atoms with E-state index in [9.17, 15) is 22.8 Å². The number of thiophene rings is 1. The molecule has 1 atom stereocenters. The number of carboxylic acids is 1. The SMILES string of the molecule is COC(=O)c1cc(S(=O)(=O)N(C)C(C)C(=O)O)c(C(=O)OC)s1. The quantitative estimate of drug-likeness (QED) is 0.718. The third-order valence-electron chi connectivity index (χ3n) is 3.02. The smallest absolute Gasteiger partial charge is 0.349 e. The molecule has 1 aromatic rings. The monoisotopic (exact) mass is 365 g/mol. The van der Waals surface area contributed by atoms with Crippen molar-refractivity contribution in [3.8, 4) is 0 Å². The van der Waals surface area contributed by atoms with Crippen LogP contribution in [0, 0.1) is 0 Å². The predicted octanol–water partition coefficient (Wildman–Crippen LogP) is 0.415. The van der Waals surface area contributed by atoms with Gasteiger partial charge in [-0.1, -0.05) is 0 Å². The van der Waals surface area contributed by atoms with Gasteiger partial charge in [0.15, 0.2) is 0 Å². The summed E-state index contributed by atoms with van der Waals surface area (Å²) in [6, 6.07) is -0.407. The maximum Gasteiger partial charge on any atom is 0.349 e. The molecule has 0 amide bonds. The third-order valence-corrected chi connectivity index (χ3v) is 6.19. The summed E-state index contributed by atoms with van der Waals surface area (Å²) >= 11 is 0.587. The molecule has 0 saturated heterocycles. The zero-order chi connectivity index (χ0) is 17.9. The van der Waals surface area contributed by atoms with Gasteiger partial charge in [-0.15, -0.1) is 11.3 Å². The molecule has 0 bridgehead atoms. The highest BCUT2D eigenvalue weighted by Crippen LogP contribution is 2.30. The van der Waals surface area contributed by atoms with E-state index in [1.807, 2.05) is 0 Å². The molecule has 11 heteroatoms. The molecule has 1 aromatic heterocycles. The van der Waals surface area contributed by atoms with E-state index in [4.69, 9.17) is 5.11 Å². The zero-order valence-electron chi connectivity index (χ0n) is 12.7. The zero-order valence-corrected chi connectivity index (χ0v) is 14.4. The van der Waals surface area contributed by atoms with Gasteiger partial charge in [0, 0.05) is 7.05 Å². The molecule has 0 aliphatic carbocycles. The first-order valence-electron chi connectivity index (χ1n) is 6.09. The number of rotatable bonds is 6. The number of nitrogens with zero attached hydrogens (tertiary/aromatic N) is 1. The summed E-state index contributed by atoms with van der Waals surface area (Å²) < 4.78 is 34.7. The van der Waals surface area contributed by atoms with Crippen LogP contribution in [0.1, 0.15) is 26.3 Å². The molecule has 0 spiro atoms. The van der Waals surface area contributed by atoms with Crippen LogP contribution in [-0.4, -0.2) is 63.0 Å². The molecular formula is C12H15NO8S2. The Bertz CT molecular complexity index is 736. The molecule has 0 aliphatic rings. The Labute approximate surface area is 136 Å². The van der Waals surface area contributed by atoms with Crippen LogP contribution in [0.15, 0.2) is 11.0 Å². The maximum atomic E-state index is 12.6. The number of likely N-dealkylation sites (N-methyl/N-ethyl adjacent to an activating group) is 1. The number of esters is 2. The fourth-order valence-corrected chi connectivity index (χ4v) is 4.33. The van der Waals surface area contributed by atoms with Gasteiger partial charge in [0.25, 0.3) is 0 Å². The normalized spacial score (nSPS) is 12.7. The predicted molar refractivity (Wildman–Crippen MR) is 79.0 cm³/mol. The van der Waals surface area contributed by atoms with E-state index in [0.29, 0.717) is 15.6 Å². The number of methoxy groups -OCH3 is 2. The van der Waals surface area contributed by atoms with Crippen LogP contribution in [0.3, 0.4) is 0 Å². The fraction of sp³-hybridized carbons (Fsp3) is 0.417. The molecule has 1 rings (SSSR count). The highest BCUT2D eigenvalue weighted by Gasteiger charge is 2.35. The van der Waals surface area contributed by atoms with Gasteiger partial charge in [-0.3, -0.25) is 4.79 Å². The highest BCUT2D eigenvalue weighted by molar-refractivity contribution is 7.89. The number of hydrogen-bond acceptors (Lipinski definition) is 8. The van der Waals surface area contributed by atoms with Crippen molar-refractivity contribution in [1.29, 1.82) is 0 Å². The lowest BCUT2D eigenvalue weighted by Crippen LogP contribution is -2.40. The molecule has 0 fully saturated rings. The molecule has 1 heterocycles. The van der Waals surface area contributed by atoms with Crippen LogP contribution >= 0.6 is 11.3 Å². The largest absolute Gasteiger partial charge is 0.480 e.